The summed E-state index contributed by atoms with van der Waals surface area (Å²) < 4.78 is 5.76. The van der Waals surface area contributed by atoms with Gasteiger partial charge in [-0.2, -0.15) is 0 Å². The van der Waals surface area contributed by atoms with Gasteiger partial charge in [-0.1, -0.05) is 17.7 Å². The molecule has 2 N–H and O–H groups in total. The normalized spacial score (nSPS) is 25.6. The molecule has 4 nitrogen and oxygen atoms in total. The Kier molecular flexibility index (Phi) is 4.03. The van der Waals surface area contributed by atoms with Crippen molar-refractivity contribution in [2.45, 2.75) is 38.3 Å². The Balaban J connectivity index is 1.45. The van der Waals surface area contributed by atoms with Crippen LogP contribution in [0.15, 0.2) is 24.3 Å². The number of ether oxygens (including phenoxy) is 1. The zero-order chi connectivity index (χ0) is 13.9. The SMILES string of the molecule is Cc1ccc(NC(=O)CNC2CCOC2C2CC2)cc1. The second-order valence-electron chi connectivity index (χ2n) is 5.86. The summed E-state index contributed by atoms with van der Waals surface area (Å²) in [4.78, 5) is 11.9. The molecule has 1 heterocycles. The second-order valence-corrected chi connectivity index (χ2v) is 5.86. The van der Waals surface area contributed by atoms with Crippen molar-refractivity contribution in [3.8, 4) is 0 Å². The highest BCUT2D eigenvalue weighted by Crippen LogP contribution is 2.38. The van der Waals surface area contributed by atoms with Gasteiger partial charge in [0.25, 0.3) is 0 Å². The molecular weight excluding hydrogens is 252 g/mol. The van der Waals surface area contributed by atoms with Gasteiger partial charge in [-0.15, -0.1) is 0 Å². The van der Waals surface area contributed by atoms with E-state index < -0.39 is 0 Å². The van der Waals surface area contributed by atoms with Gasteiger partial charge in [-0.25, -0.2) is 0 Å². The highest BCUT2D eigenvalue weighted by molar-refractivity contribution is 5.92. The molecule has 2 fully saturated rings. The van der Waals surface area contributed by atoms with Crippen LogP contribution in [0.4, 0.5) is 5.69 Å². The maximum atomic E-state index is 11.9. The Hall–Kier alpha value is -1.39. The van der Waals surface area contributed by atoms with Crippen LogP contribution in [0.5, 0.6) is 0 Å². The molecule has 2 aliphatic rings. The number of rotatable bonds is 5. The third-order valence-corrected chi connectivity index (χ3v) is 4.08. The average molecular weight is 274 g/mol. The van der Waals surface area contributed by atoms with Crippen LogP contribution >= 0.6 is 0 Å². The van der Waals surface area contributed by atoms with E-state index in [0.29, 0.717) is 18.7 Å². The molecule has 0 spiro atoms. The number of anilines is 1. The molecule has 1 amide bonds. The van der Waals surface area contributed by atoms with Gasteiger partial charge in [0.1, 0.15) is 0 Å². The van der Waals surface area contributed by atoms with Gasteiger partial charge < -0.3 is 15.4 Å². The summed E-state index contributed by atoms with van der Waals surface area (Å²) >= 11 is 0. The number of benzene rings is 1. The van der Waals surface area contributed by atoms with Crippen LogP contribution in [0.2, 0.25) is 0 Å². The van der Waals surface area contributed by atoms with Gasteiger partial charge in [0.05, 0.1) is 12.6 Å². The minimum Gasteiger partial charge on any atom is -0.376 e. The first kappa shape index (κ1) is 13.6. The number of hydrogen-bond acceptors (Lipinski definition) is 3. The fourth-order valence-electron chi connectivity index (χ4n) is 2.78. The summed E-state index contributed by atoms with van der Waals surface area (Å²) in [7, 11) is 0. The van der Waals surface area contributed by atoms with E-state index in [0.717, 1.165) is 24.6 Å². The lowest BCUT2D eigenvalue weighted by Crippen LogP contribution is -2.41. The van der Waals surface area contributed by atoms with Crippen LogP contribution in [-0.4, -0.2) is 31.2 Å². The molecule has 1 saturated heterocycles. The molecule has 0 bridgehead atoms. The summed E-state index contributed by atoms with van der Waals surface area (Å²) in [5.74, 6) is 0.727. The number of carbonyl (C=O) groups excluding carboxylic acids is 1. The van der Waals surface area contributed by atoms with Crippen LogP contribution in [0, 0.1) is 12.8 Å². The predicted molar refractivity (Wildman–Crippen MR) is 78.7 cm³/mol. The Morgan fingerprint density at radius 1 is 1.25 bits per heavy atom. The average Bonchev–Trinajstić information content (AvgIpc) is 3.18. The summed E-state index contributed by atoms with van der Waals surface area (Å²) in [6, 6.07) is 8.19. The van der Waals surface area contributed by atoms with E-state index >= 15 is 0 Å². The largest absolute Gasteiger partial charge is 0.376 e. The van der Waals surface area contributed by atoms with Crippen molar-refractivity contribution in [3.63, 3.8) is 0 Å². The van der Waals surface area contributed by atoms with Gasteiger partial charge in [0.2, 0.25) is 5.91 Å². The predicted octanol–water partition coefficient (Wildman–Crippen LogP) is 2.09. The van der Waals surface area contributed by atoms with Gasteiger partial charge >= 0.3 is 0 Å². The minimum absolute atomic E-state index is 0.00954. The van der Waals surface area contributed by atoms with E-state index in [4.69, 9.17) is 4.74 Å². The van der Waals surface area contributed by atoms with Crippen LogP contribution in [0.3, 0.4) is 0 Å². The Morgan fingerprint density at radius 3 is 2.70 bits per heavy atom. The summed E-state index contributed by atoms with van der Waals surface area (Å²) in [5, 5.41) is 6.26. The van der Waals surface area contributed by atoms with Crippen molar-refractivity contribution in [1.29, 1.82) is 0 Å². The fraction of sp³-hybridized carbons (Fsp3) is 0.562. The first-order valence-corrected chi connectivity index (χ1v) is 7.44. The zero-order valence-electron chi connectivity index (χ0n) is 11.9. The summed E-state index contributed by atoms with van der Waals surface area (Å²) in [6.45, 7) is 3.20. The zero-order valence-corrected chi connectivity index (χ0v) is 11.9. The number of nitrogens with one attached hydrogen (secondary N) is 2. The smallest absolute Gasteiger partial charge is 0.238 e. The molecule has 108 valence electrons. The third kappa shape index (κ3) is 3.38. The molecule has 2 unspecified atom stereocenters. The molecule has 0 aromatic heterocycles. The lowest BCUT2D eigenvalue weighted by molar-refractivity contribution is -0.115. The van der Waals surface area contributed by atoms with Crippen molar-refractivity contribution in [2.75, 3.05) is 18.5 Å². The van der Waals surface area contributed by atoms with E-state index in [1.165, 1.54) is 18.4 Å². The lowest BCUT2D eigenvalue weighted by atomic mass is 10.1. The molecule has 1 aromatic rings. The third-order valence-electron chi connectivity index (χ3n) is 4.08. The van der Waals surface area contributed by atoms with Gasteiger partial charge in [0.15, 0.2) is 0 Å². The van der Waals surface area contributed by atoms with Crippen LogP contribution in [0.1, 0.15) is 24.8 Å². The maximum absolute atomic E-state index is 11.9. The molecule has 3 rings (SSSR count). The van der Waals surface area contributed by atoms with Crippen molar-refractivity contribution >= 4 is 11.6 Å². The molecule has 4 heteroatoms. The van der Waals surface area contributed by atoms with Crippen LogP contribution in [0.25, 0.3) is 0 Å². The molecule has 1 aliphatic heterocycles. The fourth-order valence-corrected chi connectivity index (χ4v) is 2.78. The first-order chi connectivity index (χ1) is 9.72. The highest BCUT2D eigenvalue weighted by atomic mass is 16.5. The monoisotopic (exact) mass is 274 g/mol. The lowest BCUT2D eigenvalue weighted by Gasteiger charge is -2.19. The van der Waals surface area contributed by atoms with E-state index in [2.05, 4.69) is 10.6 Å². The topological polar surface area (TPSA) is 50.4 Å². The molecule has 1 saturated carbocycles. The molecular formula is C16H22N2O2. The van der Waals surface area contributed by atoms with Gasteiger partial charge in [-0.05, 0) is 44.2 Å². The molecule has 1 aliphatic carbocycles. The van der Waals surface area contributed by atoms with E-state index in [1.54, 1.807) is 0 Å². The maximum Gasteiger partial charge on any atom is 0.238 e. The number of carbonyl (C=O) groups is 1. The van der Waals surface area contributed by atoms with E-state index in [1.807, 2.05) is 31.2 Å². The van der Waals surface area contributed by atoms with Crippen LogP contribution in [-0.2, 0) is 9.53 Å². The molecule has 2 atom stereocenters. The second kappa shape index (κ2) is 5.94. The minimum atomic E-state index is 0.00954. The Labute approximate surface area is 119 Å². The number of amides is 1. The Bertz CT molecular complexity index is 468. The summed E-state index contributed by atoms with van der Waals surface area (Å²) in [5.41, 5.74) is 2.04. The summed E-state index contributed by atoms with van der Waals surface area (Å²) in [6.07, 6.45) is 3.89. The first-order valence-electron chi connectivity index (χ1n) is 7.44. The van der Waals surface area contributed by atoms with Crippen LogP contribution < -0.4 is 10.6 Å². The Morgan fingerprint density at radius 2 is 2.00 bits per heavy atom. The van der Waals surface area contributed by atoms with Crippen molar-refractivity contribution in [1.82, 2.24) is 5.32 Å². The van der Waals surface area contributed by atoms with E-state index in [9.17, 15) is 4.79 Å². The molecule has 20 heavy (non-hydrogen) atoms. The van der Waals surface area contributed by atoms with Gasteiger partial charge in [0, 0.05) is 18.3 Å². The van der Waals surface area contributed by atoms with Crippen molar-refractivity contribution < 1.29 is 9.53 Å². The molecule has 0 radical (unpaired) electrons. The highest BCUT2D eigenvalue weighted by Gasteiger charge is 2.40. The quantitative estimate of drug-likeness (QED) is 0.864. The standard InChI is InChI=1S/C16H22N2O2/c1-11-2-6-13(7-3-11)18-15(19)10-17-14-8-9-20-16(14)12-4-5-12/h2-3,6-7,12,14,16-17H,4-5,8-10H2,1H3,(H,18,19). The number of hydrogen-bond donors (Lipinski definition) is 2. The number of aryl methyl sites for hydroxylation is 1. The van der Waals surface area contributed by atoms with E-state index in [-0.39, 0.29) is 5.91 Å². The van der Waals surface area contributed by atoms with Crippen molar-refractivity contribution in [3.05, 3.63) is 29.8 Å². The van der Waals surface area contributed by atoms with Gasteiger partial charge in [-0.3, -0.25) is 4.79 Å². The molecule has 1 aromatic carbocycles. The van der Waals surface area contributed by atoms with Crippen molar-refractivity contribution in [2.24, 2.45) is 5.92 Å².